The molecule has 0 bridgehead atoms. The number of carbonyl (C=O) groups is 1. The molecule has 1 fully saturated rings. The van der Waals surface area contributed by atoms with Crippen LogP contribution >= 0.6 is 11.6 Å². The molecular weight excluding hydrogens is 308 g/mol. The molecule has 2 aromatic rings. The quantitative estimate of drug-likeness (QED) is 0.816. The summed E-state index contributed by atoms with van der Waals surface area (Å²) in [5, 5.41) is 7.04. The van der Waals surface area contributed by atoms with E-state index in [2.05, 4.69) is 10.6 Å². The molecule has 23 heavy (non-hydrogen) atoms. The minimum absolute atomic E-state index is 0.00875. The average molecular weight is 329 g/mol. The summed E-state index contributed by atoms with van der Waals surface area (Å²) in [6.45, 7) is 1.29. The molecule has 2 N–H and O–H groups in total. The average Bonchev–Trinajstić information content (AvgIpc) is 3.39. The Morgan fingerprint density at radius 1 is 1.04 bits per heavy atom. The lowest BCUT2D eigenvalue weighted by atomic mass is 9.98. The second-order valence-corrected chi connectivity index (χ2v) is 6.47. The van der Waals surface area contributed by atoms with E-state index >= 15 is 0 Å². The van der Waals surface area contributed by atoms with Gasteiger partial charge in [0.2, 0.25) is 5.91 Å². The van der Waals surface area contributed by atoms with Crippen molar-refractivity contribution in [1.29, 1.82) is 0 Å². The molecule has 1 aliphatic carbocycles. The van der Waals surface area contributed by atoms with Crippen LogP contribution in [-0.4, -0.2) is 19.0 Å². The first-order valence-corrected chi connectivity index (χ1v) is 8.40. The van der Waals surface area contributed by atoms with E-state index in [1.807, 2.05) is 54.6 Å². The third kappa shape index (κ3) is 4.81. The third-order valence-corrected chi connectivity index (χ3v) is 4.31. The van der Waals surface area contributed by atoms with Crippen LogP contribution in [-0.2, 0) is 4.79 Å². The van der Waals surface area contributed by atoms with E-state index in [0.29, 0.717) is 11.6 Å². The van der Waals surface area contributed by atoms with Gasteiger partial charge in [0.15, 0.2) is 0 Å². The molecule has 0 aromatic heterocycles. The van der Waals surface area contributed by atoms with E-state index in [4.69, 9.17) is 11.6 Å². The molecule has 0 saturated heterocycles. The van der Waals surface area contributed by atoms with Gasteiger partial charge in [-0.25, -0.2) is 0 Å². The number of carbonyl (C=O) groups excluding carboxylic acids is 1. The van der Waals surface area contributed by atoms with Crippen molar-refractivity contribution < 1.29 is 4.79 Å². The molecule has 1 unspecified atom stereocenters. The molecule has 1 atom stereocenters. The van der Waals surface area contributed by atoms with Crippen molar-refractivity contribution in [2.24, 2.45) is 5.92 Å². The monoisotopic (exact) mass is 328 g/mol. The molecule has 2 aromatic carbocycles. The van der Waals surface area contributed by atoms with Gasteiger partial charge < -0.3 is 10.6 Å². The maximum Gasteiger partial charge on any atom is 0.234 e. The van der Waals surface area contributed by atoms with Crippen LogP contribution in [0.4, 0.5) is 0 Å². The Labute approximate surface area is 142 Å². The van der Waals surface area contributed by atoms with Crippen LogP contribution in [0.3, 0.4) is 0 Å². The van der Waals surface area contributed by atoms with Crippen molar-refractivity contribution in [2.75, 3.05) is 13.1 Å². The normalized spacial score (nSPS) is 15.2. The first-order chi connectivity index (χ1) is 11.2. The van der Waals surface area contributed by atoms with Crippen LogP contribution in [0.25, 0.3) is 0 Å². The standard InChI is InChI=1S/C19H21ClN2O/c20-17-10-8-16(9-11-17)19(15-4-2-1-3-5-15)22-18(23)13-21-12-14-6-7-14/h1-5,8-11,14,19,21H,6-7,12-13H2,(H,22,23). The fourth-order valence-corrected chi connectivity index (χ4v) is 2.71. The Morgan fingerprint density at radius 3 is 2.35 bits per heavy atom. The minimum Gasteiger partial charge on any atom is -0.344 e. The molecule has 4 heteroatoms. The highest BCUT2D eigenvalue weighted by Gasteiger charge is 2.21. The number of amides is 1. The zero-order valence-corrected chi connectivity index (χ0v) is 13.7. The van der Waals surface area contributed by atoms with Crippen molar-refractivity contribution in [3.63, 3.8) is 0 Å². The van der Waals surface area contributed by atoms with Gasteiger partial charge in [0.05, 0.1) is 12.6 Å². The summed E-state index contributed by atoms with van der Waals surface area (Å²) in [5.41, 5.74) is 2.08. The third-order valence-electron chi connectivity index (χ3n) is 4.06. The van der Waals surface area contributed by atoms with E-state index in [9.17, 15) is 4.79 Å². The number of hydrogen-bond acceptors (Lipinski definition) is 2. The fourth-order valence-electron chi connectivity index (χ4n) is 2.58. The van der Waals surface area contributed by atoms with Crippen molar-refractivity contribution in [3.8, 4) is 0 Å². The summed E-state index contributed by atoms with van der Waals surface area (Å²) in [6.07, 6.45) is 2.57. The molecule has 0 heterocycles. The second-order valence-electron chi connectivity index (χ2n) is 6.04. The van der Waals surface area contributed by atoms with Crippen molar-refractivity contribution in [1.82, 2.24) is 10.6 Å². The van der Waals surface area contributed by atoms with Crippen LogP contribution in [0.2, 0.25) is 5.02 Å². The van der Waals surface area contributed by atoms with E-state index in [-0.39, 0.29) is 11.9 Å². The van der Waals surface area contributed by atoms with Gasteiger partial charge in [-0.15, -0.1) is 0 Å². The predicted molar refractivity (Wildman–Crippen MR) is 93.5 cm³/mol. The summed E-state index contributed by atoms with van der Waals surface area (Å²) >= 11 is 5.97. The number of hydrogen-bond donors (Lipinski definition) is 2. The van der Waals surface area contributed by atoms with Gasteiger partial charge in [-0.05, 0) is 48.6 Å². The van der Waals surface area contributed by atoms with Gasteiger partial charge in [0.25, 0.3) is 0 Å². The highest BCUT2D eigenvalue weighted by atomic mass is 35.5. The molecule has 1 saturated carbocycles. The number of halogens is 1. The Kier molecular flexibility index (Phi) is 5.31. The molecule has 3 nitrogen and oxygen atoms in total. The van der Waals surface area contributed by atoms with Gasteiger partial charge in [0, 0.05) is 5.02 Å². The summed E-state index contributed by atoms with van der Waals surface area (Å²) in [7, 11) is 0. The zero-order valence-electron chi connectivity index (χ0n) is 13.0. The van der Waals surface area contributed by atoms with Crippen molar-refractivity contribution in [2.45, 2.75) is 18.9 Å². The molecule has 3 rings (SSSR count). The molecule has 0 radical (unpaired) electrons. The number of rotatable bonds is 7. The van der Waals surface area contributed by atoms with Gasteiger partial charge >= 0.3 is 0 Å². The topological polar surface area (TPSA) is 41.1 Å². The number of nitrogens with one attached hydrogen (secondary N) is 2. The summed E-state index contributed by atoms with van der Waals surface area (Å²) in [4.78, 5) is 12.3. The van der Waals surface area contributed by atoms with Gasteiger partial charge in [-0.3, -0.25) is 4.79 Å². The maximum absolute atomic E-state index is 12.3. The molecular formula is C19H21ClN2O. The maximum atomic E-state index is 12.3. The summed E-state index contributed by atoms with van der Waals surface area (Å²) in [5.74, 6) is 0.776. The van der Waals surface area contributed by atoms with Gasteiger partial charge in [-0.2, -0.15) is 0 Å². The Hall–Kier alpha value is -1.84. The molecule has 0 spiro atoms. The molecule has 120 valence electrons. The lowest BCUT2D eigenvalue weighted by Gasteiger charge is -2.20. The largest absolute Gasteiger partial charge is 0.344 e. The highest BCUT2D eigenvalue weighted by molar-refractivity contribution is 6.30. The van der Waals surface area contributed by atoms with Crippen LogP contribution in [0, 0.1) is 5.92 Å². The van der Waals surface area contributed by atoms with Crippen LogP contribution in [0.15, 0.2) is 54.6 Å². The lowest BCUT2D eigenvalue weighted by molar-refractivity contribution is -0.120. The Morgan fingerprint density at radius 2 is 1.70 bits per heavy atom. The molecule has 0 aliphatic heterocycles. The van der Waals surface area contributed by atoms with Crippen molar-refractivity contribution >= 4 is 17.5 Å². The van der Waals surface area contributed by atoms with Crippen LogP contribution in [0.1, 0.15) is 30.0 Å². The first kappa shape index (κ1) is 16.0. The summed E-state index contributed by atoms with van der Waals surface area (Å²) < 4.78 is 0. The Bertz CT molecular complexity index is 638. The summed E-state index contributed by atoms with van der Waals surface area (Å²) in [6, 6.07) is 17.4. The smallest absolute Gasteiger partial charge is 0.234 e. The predicted octanol–water partition coefficient (Wildman–Crippen LogP) is 3.55. The number of benzene rings is 2. The molecule has 1 aliphatic rings. The highest BCUT2D eigenvalue weighted by Crippen LogP contribution is 2.27. The SMILES string of the molecule is O=C(CNCC1CC1)NC(c1ccccc1)c1ccc(Cl)cc1. The fraction of sp³-hybridized carbons (Fsp3) is 0.316. The van der Waals surface area contributed by atoms with Crippen molar-refractivity contribution in [3.05, 3.63) is 70.7 Å². The first-order valence-electron chi connectivity index (χ1n) is 8.03. The molecule has 1 amide bonds. The second kappa shape index (κ2) is 7.62. The van der Waals surface area contributed by atoms with E-state index in [0.717, 1.165) is 23.6 Å². The van der Waals surface area contributed by atoms with Crippen LogP contribution < -0.4 is 10.6 Å². The van der Waals surface area contributed by atoms with E-state index in [1.54, 1.807) is 0 Å². The minimum atomic E-state index is -0.163. The van der Waals surface area contributed by atoms with E-state index in [1.165, 1.54) is 12.8 Å². The van der Waals surface area contributed by atoms with Gasteiger partial charge in [-0.1, -0.05) is 54.1 Å². The zero-order chi connectivity index (χ0) is 16.1. The van der Waals surface area contributed by atoms with Gasteiger partial charge in [0.1, 0.15) is 0 Å². The van der Waals surface area contributed by atoms with Crippen LogP contribution in [0.5, 0.6) is 0 Å². The Balaban J connectivity index is 1.69. The lowest BCUT2D eigenvalue weighted by Crippen LogP contribution is -2.37. The van der Waals surface area contributed by atoms with E-state index < -0.39 is 0 Å².